The maximum absolute atomic E-state index is 12.6. The maximum atomic E-state index is 12.6. The van der Waals surface area contributed by atoms with Gasteiger partial charge in [0.15, 0.2) is 5.76 Å². The fourth-order valence-corrected chi connectivity index (χ4v) is 3.18. The van der Waals surface area contributed by atoms with Crippen molar-refractivity contribution in [1.82, 2.24) is 15.1 Å². The van der Waals surface area contributed by atoms with Crippen molar-refractivity contribution >= 4 is 16.7 Å². The van der Waals surface area contributed by atoms with Crippen LogP contribution in [0.15, 0.2) is 51.8 Å². The molecule has 25 heavy (non-hydrogen) atoms. The van der Waals surface area contributed by atoms with Gasteiger partial charge < -0.3 is 14.5 Å². The first-order valence-electron chi connectivity index (χ1n) is 8.07. The zero-order valence-corrected chi connectivity index (χ0v) is 13.6. The topological polar surface area (TPSA) is 86.4 Å². The van der Waals surface area contributed by atoms with Gasteiger partial charge in [-0.05, 0) is 30.0 Å². The zero-order valence-electron chi connectivity index (χ0n) is 13.6. The Bertz CT molecular complexity index is 991. The Hall–Kier alpha value is -2.93. The van der Waals surface area contributed by atoms with E-state index in [9.17, 15) is 9.59 Å². The molecule has 0 unspecified atom stereocenters. The predicted molar refractivity (Wildman–Crippen MR) is 90.3 cm³/mol. The number of ether oxygens (including phenoxy) is 1. The number of carbonyl (C=O) groups is 1. The van der Waals surface area contributed by atoms with E-state index in [0.717, 1.165) is 5.69 Å². The highest BCUT2D eigenvalue weighted by atomic mass is 16.5. The van der Waals surface area contributed by atoms with Gasteiger partial charge in [0.25, 0.3) is 5.91 Å². The molecule has 7 nitrogen and oxygen atoms in total. The van der Waals surface area contributed by atoms with E-state index in [1.165, 1.54) is 0 Å². The van der Waals surface area contributed by atoms with E-state index < -0.39 is 11.5 Å². The number of benzene rings is 1. The molecule has 1 amide bonds. The van der Waals surface area contributed by atoms with E-state index in [-0.39, 0.29) is 17.9 Å². The molecule has 1 fully saturated rings. The molecule has 1 aliphatic heterocycles. The first-order chi connectivity index (χ1) is 12.1. The summed E-state index contributed by atoms with van der Waals surface area (Å²) in [4.78, 5) is 24.6. The summed E-state index contributed by atoms with van der Waals surface area (Å²) >= 11 is 0. The Balaban J connectivity index is 1.59. The second-order valence-electron chi connectivity index (χ2n) is 6.03. The van der Waals surface area contributed by atoms with Crippen molar-refractivity contribution in [2.24, 2.45) is 7.05 Å². The summed E-state index contributed by atoms with van der Waals surface area (Å²) < 4.78 is 12.7. The van der Waals surface area contributed by atoms with Crippen molar-refractivity contribution < 1.29 is 13.9 Å². The van der Waals surface area contributed by atoms with Crippen LogP contribution < -0.4 is 10.9 Å². The number of nitrogens with one attached hydrogen (secondary N) is 1. The number of aromatic nitrogens is 2. The molecule has 128 valence electrons. The number of nitrogens with zero attached hydrogens (tertiary/aromatic N) is 2. The smallest absolute Gasteiger partial charge is 0.344 e. The van der Waals surface area contributed by atoms with Crippen molar-refractivity contribution in [3.8, 4) is 0 Å². The lowest BCUT2D eigenvalue weighted by Crippen LogP contribution is -2.37. The maximum Gasteiger partial charge on any atom is 0.344 e. The van der Waals surface area contributed by atoms with Crippen LogP contribution in [-0.2, 0) is 11.8 Å². The lowest BCUT2D eigenvalue weighted by atomic mass is 10.1. The van der Waals surface area contributed by atoms with E-state index in [2.05, 4.69) is 10.4 Å². The number of hydrogen-bond acceptors (Lipinski definition) is 5. The monoisotopic (exact) mass is 339 g/mol. The van der Waals surface area contributed by atoms with Crippen LogP contribution in [0, 0.1) is 0 Å². The fourth-order valence-electron chi connectivity index (χ4n) is 3.18. The number of carbonyl (C=O) groups excluding carboxylic acids is 1. The van der Waals surface area contributed by atoms with Crippen LogP contribution in [0.4, 0.5) is 0 Å². The summed E-state index contributed by atoms with van der Waals surface area (Å²) in [6.07, 6.45) is 2.10. The number of aryl methyl sites for hydroxylation is 1. The third-order valence-electron chi connectivity index (χ3n) is 4.45. The third-order valence-corrected chi connectivity index (χ3v) is 4.45. The molecule has 0 aliphatic carbocycles. The molecule has 3 heterocycles. The molecular weight excluding hydrogens is 322 g/mol. The van der Waals surface area contributed by atoms with Gasteiger partial charge in [0.1, 0.15) is 6.10 Å². The van der Waals surface area contributed by atoms with Gasteiger partial charge in [-0.25, -0.2) is 4.79 Å². The molecule has 4 rings (SSSR count). The standard InChI is InChI=1S/C18H17N3O4/c1-21-14(6-8-19-21)16-13(7-9-24-16)20-17(22)15-10-11-4-2-3-5-12(11)18(23)25-15/h2-6,8,10,13,16H,7,9H2,1H3,(H,20,22)/t13-,16-/m0/s1. The molecule has 0 radical (unpaired) electrons. The summed E-state index contributed by atoms with van der Waals surface area (Å²) in [7, 11) is 1.83. The molecule has 2 aromatic heterocycles. The average molecular weight is 339 g/mol. The summed E-state index contributed by atoms with van der Waals surface area (Å²) in [5.74, 6) is -0.426. The highest BCUT2D eigenvalue weighted by molar-refractivity contribution is 5.95. The SMILES string of the molecule is Cn1nccc1[C@H]1OCC[C@@H]1NC(=O)c1cc2ccccc2c(=O)o1. The highest BCUT2D eigenvalue weighted by Gasteiger charge is 2.33. The number of fused-ring (bicyclic) bond motifs is 1. The van der Waals surface area contributed by atoms with E-state index in [0.29, 0.717) is 23.8 Å². The largest absolute Gasteiger partial charge is 0.417 e. The van der Waals surface area contributed by atoms with Gasteiger partial charge in [0, 0.05) is 19.9 Å². The first kappa shape index (κ1) is 15.6. The average Bonchev–Trinajstić information content (AvgIpc) is 3.23. The van der Waals surface area contributed by atoms with Crippen LogP contribution >= 0.6 is 0 Å². The lowest BCUT2D eigenvalue weighted by Gasteiger charge is -2.19. The van der Waals surface area contributed by atoms with Crippen molar-refractivity contribution in [2.45, 2.75) is 18.6 Å². The second kappa shape index (κ2) is 6.18. The number of hydrogen-bond donors (Lipinski definition) is 1. The van der Waals surface area contributed by atoms with E-state index in [1.54, 1.807) is 35.1 Å². The highest BCUT2D eigenvalue weighted by Crippen LogP contribution is 2.28. The van der Waals surface area contributed by atoms with Gasteiger partial charge in [-0.1, -0.05) is 18.2 Å². The lowest BCUT2D eigenvalue weighted by molar-refractivity contribution is 0.0773. The van der Waals surface area contributed by atoms with Crippen LogP contribution in [0.2, 0.25) is 0 Å². The molecule has 0 bridgehead atoms. The van der Waals surface area contributed by atoms with Crippen LogP contribution in [-0.4, -0.2) is 28.3 Å². The molecule has 1 aromatic carbocycles. The quantitative estimate of drug-likeness (QED) is 0.786. The molecule has 7 heteroatoms. The van der Waals surface area contributed by atoms with Gasteiger partial charge in [0.05, 0.1) is 17.1 Å². The summed E-state index contributed by atoms with van der Waals surface area (Å²) in [6, 6.07) is 10.3. The van der Waals surface area contributed by atoms with Gasteiger partial charge in [-0.2, -0.15) is 5.10 Å². The Kier molecular flexibility index (Phi) is 3.85. The predicted octanol–water partition coefficient (Wildman–Crippen LogP) is 1.79. The summed E-state index contributed by atoms with van der Waals surface area (Å²) in [5.41, 5.74) is 0.372. The van der Waals surface area contributed by atoms with E-state index in [4.69, 9.17) is 9.15 Å². The van der Waals surface area contributed by atoms with Gasteiger partial charge >= 0.3 is 5.63 Å². The van der Waals surface area contributed by atoms with Crippen LogP contribution in [0.3, 0.4) is 0 Å². The molecule has 2 atom stereocenters. The minimum Gasteiger partial charge on any atom is -0.417 e. The summed E-state index contributed by atoms with van der Waals surface area (Å²) in [6.45, 7) is 0.544. The van der Waals surface area contributed by atoms with Crippen molar-refractivity contribution in [1.29, 1.82) is 0 Å². The van der Waals surface area contributed by atoms with E-state index >= 15 is 0 Å². The molecule has 1 saturated heterocycles. The minimum absolute atomic E-state index is 0.000596. The van der Waals surface area contributed by atoms with Crippen molar-refractivity contribution in [3.05, 3.63) is 64.5 Å². The summed E-state index contributed by atoms with van der Waals surface area (Å²) in [5, 5.41) is 8.19. The Morgan fingerprint density at radius 2 is 2.16 bits per heavy atom. The van der Waals surface area contributed by atoms with Crippen LogP contribution in [0.5, 0.6) is 0 Å². The molecule has 1 aliphatic rings. The minimum atomic E-state index is -0.519. The molecule has 1 N–H and O–H groups in total. The van der Waals surface area contributed by atoms with Gasteiger partial charge in [-0.15, -0.1) is 0 Å². The van der Waals surface area contributed by atoms with Crippen LogP contribution in [0.25, 0.3) is 10.8 Å². The number of rotatable bonds is 3. The van der Waals surface area contributed by atoms with E-state index in [1.807, 2.05) is 19.2 Å². The second-order valence-corrected chi connectivity index (χ2v) is 6.03. The Morgan fingerprint density at radius 3 is 2.96 bits per heavy atom. The van der Waals surface area contributed by atoms with Crippen LogP contribution in [0.1, 0.15) is 28.8 Å². The van der Waals surface area contributed by atoms with Crippen molar-refractivity contribution in [2.75, 3.05) is 6.61 Å². The Labute approximate surface area is 143 Å². The zero-order chi connectivity index (χ0) is 17.4. The Morgan fingerprint density at radius 1 is 1.32 bits per heavy atom. The first-order valence-corrected chi connectivity index (χ1v) is 8.07. The van der Waals surface area contributed by atoms with Gasteiger partial charge in [-0.3, -0.25) is 9.48 Å². The third kappa shape index (κ3) is 2.83. The fraction of sp³-hybridized carbons (Fsp3) is 0.278. The molecule has 0 spiro atoms. The number of amides is 1. The molecular formula is C18H17N3O4. The van der Waals surface area contributed by atoms with Gasteiger partial charge in [0.2, 0.25) is 0 Å². The van der Waals surface area contributed by atoms with Crippen molar-refractivity contribution in [3.63, 3.8) is 0 Å². The molecule has 0 saturated carbocycles. The molecule has 3 aromatic rings. The normalized spacial score (nSPS) is 20.0.